The van der Waals surface area contributed by atoms with Crippen molar-refractivity contribution < 1.29 is 0 Å². The smallest absolute Gasteiger partial charge is 0.178 e. The molecular weight excluding hydrogens is 190 g/mol. The number of aryl methyl sites for hydroxylation is 1. The highest BCUT2D eigenvalue weighted by molar-refractivity contribution is 5.05. The first-order valence-corrected chi connectivity index (χ1v) is 5.31. The normalized spacial score (nSPS) is 12.1. The van der Waals surface area contributed by atoms with Gasteiger partial charge in [0.05, 0.1) is 7.05 Å². The lowest BCUT2D eigenvalue weighted by molar-refractivity contribution is 0.628. The fourth-order valence-corrected chi connectivity index (χ4v) is 1.31. The van der Waals surface area contributed by atoms with Crippen molar-refractivity contribution in [1.29, 1.82) is 0 Å². The van der Waals surface area contributed by atoms with Gasteiger partial charge in [-0.15, -0.1) is 10.2 Å². The maximum absolute atomic E-state index is 4.13. The van der Waals surface area contributed by atoms with E-state index in [-0.39, 0.29) is 0 Å². The van der Waals surface area contributed by atoms with Gasteiger partial charge in [0.2, 0.25) is 0 Å². The third-order valence-electron chi connectivity index (χ3n) is 2.05. The summed E-state index contributed by atoms with van der Waals surface area (Å²) in [7, 11) is 1.78. The van der Waals surface area contributed by atoms with Crippen LogP contribution in [0.4, 0.5) is 0 Å². The van der Waals surface area contributed by atoms with Gasteiger partial charge in [-0.25, -0.2) is 0 Å². The zero-order valence-corrected chi connectivity index (χ0v) is 9.69. The van der Waals surface area contributed by atoms with Crippen molar-refractivity contribution in [3.63, 3.8) is 0 Å². The van der Waals surface area contributed by atoms with Crippen molar-refractivity contribution in [2.75, 3.05) is 13.1 Å². The molecule has 0 atom stereocenters. The largest absolute Gasteiger partial charge is 0.317 e. The van der Waals surface area contributed by atoms with E-state index in [1.807, 2.05) is 0 Å². The number of hydrogen-bond donors (Lipinski definition) is 1. The van der Waals surface area contributed by atoms with Gasteiger partial charge in [0.15, 0.2) is 5.82 Å². The van der Waals surface area contributed by atoms with E-state index in [1.165, 1.54) is 10.4 Å². The van der Waals surface area contributed by atoms with E-state index in [2.05, 4.69) is 40.7 Å². The third-order valence-corrected chi connectivity index (χ3v) is 2.05. The Labute approximate surface area is 90.6 Å². The lowest BCUT2D eigenvalue weighted by Crippen LogP contribution is -2.13. The van der Waals surface area contributed by atoms with Crippen molar-refractivity contribution in [2.24, 2.45) is 7.05 Å². The zero-order valence-electron chi connectivity index (χ0n) is 9.69. The first-order valence-electron chi connectivity index (χ1n) is 5.31. The van der Waals surface area contributed by atoms with E-state index in [1.54, 1.807) is 7.05 Å². The molecule has 0 bridgehead atoms. The molecule has 1 aromatic heterocycles. The molecular formula is C10H19N5. The molecule has 0 fully saturated rings. The second-order valence-corrected chi connectivity index (χ2v) is 3.56. The zero-order chi connectivity index (χ0) is 11.1. The lowest BCUT2D eigenvalue weighted by Gasteiger charge is -1.98. The number of hydrogen-bond acceptors (Lipinski definition) is 4. The summed E-state index contributed by atoms with van der Waals surface area (Å²) in [5.41, 5.74) is 1.29. The summed E-state index contributed by atoms with van der Waals surface area (Å²) < 4.78 is 0. The van der Waals surface area contributed by atoms with Gasteiger partial charge in [0.1, 0.15) is 0 Å². The quantitative estimate of drug-likeness (QED) is 0.553. The topological polar surface area (TPSA) is 55.6 Å². The molecule has 0 aliphatic rings. The van der Waals surface area contributed by atoms with Crippen LogP contribution in [0.2, 0.25) is 0 Å². The molecule has 1 rings (SSSR count). The highest BCUT2D eigenvalue weighted by atomic mass is 15.6. The molecule has 5 heteroatoms. The molecule has 0 aliphatic heterocycles. The van der Waals surface area contributed by atoms with Gasteiger partial charge in [-0.1, -0.05) is 18.6 Å². The molecule has 0 saturated carbocycles. The van der Waals surface area contributed by atoms with Crippen LogP contribution in [0.15, 0.2) is 11.6 Å². The van der Waals surface area contributed by atoms with Crippen molar-refractivity contribution >= 4 is 0 Å². The summed E-state index contributed by atoms with van der Waals surface area (Å²) >= 11 is 0. The maximum atomic E-state index is 4.13. The molecule has 0 unspecified atom stereocenters. The number of aromatic nitrogens is 4. The van der Waals surface area contributed by atoms with Gasteiger partial charge < -0.3 is 5.32 Å². The summed E-state index contributed by atoms with van der Waals surface area (Å²) in [4.78, 5) is 1.49. The number of allylic oxidation sites excluding steroid dienone is 1. The van der Waals surface area contributed by atoms with Crippen LogP contribution >= 0.6 is 0 Å². The fourth-order valence-electron chi connectivity index (χ4n) is 1.31. The van der Waals surface area contributed by atoms with Gasteiger partial charge in [0.25, 0.3) is 0 Å². The fraction of sp³-hybridized carbons (Fsp3) is 0.700. The van der Waals surface area contributed by atoms with Crippen LogP contribution in [-0.2, 0) is 13.5 Å². The first kappa shape index (κ1) is 11.8. The van der Waals surface area contributed by atoms with Crippen LogP contribution in [-0.4, -0.2) is 33.3 Å². The average molecular weight is 209 g/mol. The van der Waals surface area contributed by atoms with E-state index in [4.69, 9.17) is 0 Å². The van der Waals surface area contributed by atoms with Gasteiger partial charge in [0, 0.05) is 6.42 Å². The van der Waals surface area contributed by atoms with Crippen molar-refractivity contribution in [2.45, 2.75) is 26.7 Å². The number of tetrazole rings is 1. The summed E-state index contributed by atoms with van der Waals surface area (Å²) in [6, 6.07) is 0. The number of rotatable bonds is 6. The molecule has 5 nitrogen and oxygen atoms in total. The Bertz CT molecular complexity index is 315. The van der Waals surface area contributed by atoms with Crippen LogP contribution in [0.5, 0.6) is 0 Å². The molecule has 0 saturated heterocycles. The molecule has 0 spiro atoms. The van der Waals surface area contributed by atoms with E-state index >= 15 is 0 Å². The molecule has 15 heavy (non-hydrogen) atoms. The highest BCUT2D eigenvalue weighted by Crippen LogP contribution is 2.01. The average Bonchev–Trinajstić information content (AvgIpc) is 2.59. The Morgan fingerprint density at radius 1 is 1.53 bits per heavy atom. The standard InChI is InChI=1S/C10H19N5/c1-4-11-7-5-6-9(2)8-10-12-14-15(3)13-10/h6,11H,4-5,7-8H2,1-3H3/b9-6-. The predicted octanol–water partition coefficient (Wildman–Crippen LogP) is 0.698. The van der Waals surface area contributed by atoms with E-state index in [0.717, 1.165) is 31.8 Å². The molecule has 1 N–H and O–H groups in total. The predicted molar refractivity (Wildman–Crippen MR) is 59.4 cm³/mol. The molecule has 84 valence electrons. The summed E-state index contributed by atoms with van der Waals surface area (Å²) in [6.45, 7) is 6.27. The Morgan fingerprint density at radius 3 is 2.93 bits per heavy atom. The maximum Gasteiger partial charge on any atom is 0.178 e. The SMILES string of the molecule is CCNCC/C=C(/C)Cc1nnn(C)n1. The van der Waals surface area contributed by atoms with Crippen LogP contribution in [0.25, 0.3) is 0 Å². The van der Waals surface area contributed by atoms with Crippen molar-refractivity contribution in [3.8, 4) is 0 Å². The third kappa shape index (κ3) is 4.69. The summed E-state index contributed by atoms with van der Waals surface area (Å²) in [6.07, 6.45) is 4.07. The minimum Gasteiger partial charge on any atom is -0.317 e. The minimum absolute atomic E-state index is 0.787. The van der Waals surface area contributed by atoms with E-state index in [0.29, 0.717) is 0 Å². The Kier molecular flexibility index (Phi) is 4.97. The van der Waals surface area contributed by atoms with Gasteiger partial charge >= 0.3 is 0 Å². The van der Waals surface area contributed by atoms with Crippen LogP contribution in [0, 0.1) is 0 Å². The summed E-state index contributed by atoms with van der Waals surface area (Å²) in [5, 5.41) is 15.2. The van der Waals surface area contributed by atoms with E-state index in [9.17, 15) is 0 Å². The van der Waals surface area contributed by atoms with Crippen molar-refractivity contribution in [3.05, 3.63) is 17.5 Å². The summed E-state index contributed by atoms with van der Waals surface area (Å²) in [5.74, 6) is 0.787. The van der Waals surface area contributed by atoms with Gasteiger partial charge in [-0.3, -0.25) is 0 Å². The van der Waals surface area contributed by atoms with Crippen LogP contribution in [0.1, 0.15) is 26.1 Å². The monoisotopic (exact) mass is 209 g/mol. The first-order chi connectivity index (χ1) is 7.22. The molecule has 0 amide bonds. The highest BCUT2D eigenvalue weighted by Gasteiger charge is 2.00. The minimum atomic E-state index is 0.787. The molecule has 0 radical (unpaired) electrons. The molecule has 0 aliphatic carbocycles. The Hall–Kier alpha value is -1.23. The van der Waals surface area contributed by atoms with Crippen molar-refractivity contribution in [1.82, 2.24) is 25.5 Å². The van der Waals surface area contributed by atoms with Gasteiger partial charge in [-0.2, -0.15) is 4.80 Å². The van der Waals surface area contributed by atoms with Crippen LogP contribution < -0.4 is 5.32 Å². The second-order valence-electron chi connectivity index (χ2n) is 3.56. The number of nitrogens with one attached hydrogen (secondary N) is 1. The number of nitrogens with zero attached hydrogens (tertiary/aromatic N) is 4. The second kappa shape index (κ2) is 6.29. The van der Waals surface area contributed by atoms with E-state index < -0.39 is 0 Å². The molecule has 1 heterocycles. The molecule has 1 aromatic rings. The Balaban J connectivity index is 2.31. The lowest BCUT2D eigenvalue weighted by atomic mass is 10.2. The Morgan fingerprint density at radius 2 is 2.33 bits per heavy atom. The molecule has 0 aromatic carbocycles. The van der Waals surface area contributed by atoms with Crippen LogP contribution in [0.3, 0.4) is 0 Å². The van der Waals surface area contributed by atoms with Gasteiger partial charge in [-0.05, 0) is 31.6 Å².